The highest BCUT2D eigenvalue weighted by molar-refractivity contribution is 9.10. The van der Waals surface area contributed by atoms with Gasteiger partial charge in [0.05, 0.1) is 10.3 Å². The van der Waals surface area contributed by atoms with Gasteiger partial charge in [0, 0.05) is 16.4 Å². The lowest BCUT2D eigenvalue weighted by Crippen LogP contribution is -2.28. The summed E-state index contributed by atoms with van der Waals surface area (Å²) in [4.78, 5) is 5.35. The predicted octanol–water partition coefficient (Wildman–Crippen LogP) is 3.22. The zero-order chi connectivity index (χ0) is 11.8. The van der Waals surface area contributed by atoms with E-state index in [1.165, 1.54) is 0 Å². The van der Waals surface area contributed by atoms with Crippen LogP contribution in [-0.2, 0) is 5.41 Å². The van der Waals surface area contributed by atoms with Crippen molar-refractivity contribution in [3.8, 4) is 10.7 Å². The first-order chi connectivity index (χ1) is 7.53. The number of rotatable bonds is 3. The van der Waals surface area contributed by atoms with Gasteiger partial charge in [0.1, 0.15) is 0 Å². The van der Waals surface area contributed by atoms with Crippen molar-refractivity contribution in [2.75, 3.05) is 6.54 Å². The maximum Gasteiger partial charge on any atom is 0.233 e. The van der Waals surface area contributed by atoms with Crippen molar-refractivity contribution in [3.05, 3.63) is 21.8 Å². The molecule has 0 aliphatic rings. The zero-order valence-corrected chi connectivity index (χ0v) is 12.7. The molecule has 0 aromatic carbocycles. The van der Waals surface area contributed by atoms with E-state index in [0.29, 0.717) is 18.3 Å². The lowest BCUT2D eigenvalue weighted by atomic mass is 9.94. The van der Waals surface area contributed by atoms with Crippen LogP contribution >= 0.6 is 39.7 Å². The molecule has 0 radical (unpaired) electrons. The molecule has 2 aromatic heterocycles. The summed E-state index contributed by atoms with van der Waals surface area (Å²) in [5, 5.41) is 5.95. The molecular formula is C10H13BrClN3OS. The molecular weight excluding hydrogens is 326 g/mol. The summed E-state index contributed by atoms with van der Waals surface area (Å²) >= 11 is 4.96. The maximum atomic E-state index is 5.66. The molecule has 0 amide bonds. The van der Waals surface area contributed by atoms with Crippen LogP contribution in [0.2, 0.25) is 0 Å². The van der Waals surface area contributed by atoms with E-state index in [-0.39, 0.29) is 17.8 Å². The Morgan fingerprint density at radius 2 is 2.24 bits per heavy atom. The molecule has 0 unspecified atom stereocenters. The Hall–Kier alpha value is -0.430. The van der Waals surface area contributed by atoms with E-state index >= 15 is 0 Å². The van der Waals surface area contributed by atoms with Crippen LogP contribution in [0.1, 0.15) is 19.7 Å². The minimum Gasteiger partial charge on any atom is -0.338 e. The van der Waals surface area contributed by atoms with Gasteiger partial charge < -0.3 is 10.3 Å². The van der Waals surface area contributed by atoms with Gasteiger partial charge in [-0.25, -0.2) is 0 Å². The molecule has 94 valence electrons. The fourth-order valence-corrected chi connectivity index (χ4v) is 2.47. The molecule has 0 bridgehead atoms. The topological polar surface area (TPSA) is 64.9 Å². The molecule has 7 heteroatoms. The Bertz CT molecular complexity index is 497. The smallest absolute Gasteiger partial charge is 0.233 e. The Morgan fingerprint density at radius 3 is 2.76 bits per heavy atom. The van der Waals surface area contributed by atoms with E-state index in [9.17, 15) is 0 Å². The molecule has 0 saturated carbocycles. The Morgan fingerprint density at radius 1 is 1.53 bits per heavy atom. The van der Waals surface area contributed by atoms with Crippen molar-refractivity contribution in [1.82, 2.24) is 10.1 Å². The third kappa shape index (κ3) is 3.07. The summed E-state index contributed by atoms with van der Waals surface area (Å²) in [6, 6.07) is 1.97. The lowest BCUT2D eigenvalue weighted by Gasteiger charge is -2.15. The SMILES string of the molecule is CC(C)(CN)c1nc(-c2cc(Br)cs2)no1.Cl. The van der Waals surface area contributed by atoms with Crippen molar-refractivity contribution in [2.24, 2.45) is 5.73 Å². The first-order valence-corrected chi connectivity index (χ1v) is 6.49. The van der Waals surface area contributed by atoms with Crippen molar-refractivity contribution >= 4 is 39.7 Å². The van der Waals surface area contributed by atoms with E-state index in [0.717, 1.165) is 9.35 Å². The monoisotopic (exact) mass is 337 g/mol. The summed E-state index contributed by atoms with van der Waals surface area (Å²) in [6.45, 7) is 4.44. The average Bonchev–Trinajstić information content (AvgIpc) is 2.85. The minimum atomic E-state index is -0.278. The molecule has 0 aliphatic carbocycles. The van der Waals surface area contributed by atoms with Crippen molar-refractivity contribution < 1.29 is 4.52 Å². The largest absolute Gasteiger partial charge is 0.338 e. The molecule has 0 atom stereocenters. The lowest BCUT2D eigenvalue weighted by molar-refractivity contribution is 0.311. The van der Waals surface area contributed by atoms with Gasteiger partial charge in [-0.15, -0.1) is 23.7 Å². The zero-order valence-electron chi connectivity index (χ0n) is 9.44. The minimum absolute atomic E-state index is 0. The standard InChI is InChI=1S/C10H12BrN3OS.ClH/c1-10(2,5-12)9-13-8(14-15-9)7-3-6(11)4-16-7;/h3-4H,5,12H2,1-2H3;1H. The van der Waals surface area contributed by atoms with E-state index in [1.807, 2.05) is 25.3 Å². The van der Waals surface area contributed by atoms with E-state index in [1.54, 1.807) is 11.3 Å². The van der Waals surface area contributed by atoms with Crippen LogP contribution in [0.5, 0.6) is 0 Å². The van der Waals surface area contributed by atoms with Gasteiger partial charge in [-0.2, -0.15) is 4.98 Å². The van der Waals surface area contributed by atoms with Crippen molar-refractivity contribution in [1.29, 1.82) is 0 Å². The fraction of sp³-hybridized carbons (Fsp3) is 0.400. The third-order valence-electron chi connectivity index (χ3n) is 2.30. The first kappa shape index (κ1) is 14.6. The number of nitrogens with two attached hydrogens (primary N) is 1. The number of aromatic nitrogens is 2. The summed E-state index contributed by atoms with van der Waals surface area (Å²) in [5.41, 5.74) is 5.38. The fourth-order valence-electron chi connectivity index (χ4n) is 1.12. The highest BCUT2D eigenvalue weighted by atomic mass is 79.9. The first-order valence-electron chi connectivity index (χ1n) is 4.81. The van der Waals surface area contributed by atoms with Crippen molar-refractivity contribution in [3.63, 3.8) is 0 Å². The molecule has 2 N–H and O–H groups in total. The Balaban J connectivity index is 0.00000144. The third-order valence-corrected chi connectivity index (χ3v) is 3.99. The molecule has 4 nitrogen and oxygen atoms in total. The van der Waals surface area contributed by atoms with Gasteiger partial charge in [0.25, 0.3) is 0 Å². The number of thiophene rings is 1. The van der Waals surface area contributed by atoms with Crippen LogP contribution in [0.3, 0.4) is 0 Å². The van der Waals surface area contributed by atoms with Gasteiger partial charge in [0.15, 0.2) is 0 Å². The Kier molecular flexibility index (Phi) is 4.71. The molecule has 17 heavy (non-hydrogen) atoms. The van der Waals surface area contributed by atoms with Gasteiger partial charge in [-0.1, -0.05) is 5.16 Å². The average molecular weight is 339 g/mol. The van der Waals surface area contributed by atoms with Gasteiger partial charge >= 0.3 is 0 Å². The summed E-state index contributed by atoms with van der Waals surface area (Å²) < 4.78 is 6.26. The highest BCUT2D eigenvalue weighted by Gasteiger charge is 2.26. The Labute approximate surface area is 118 Å². The van der Waals surface area contributed by atoms with Gasteiger partial charge in [0.2, 0.25) is 11.7 Å². The molecule has 2 rings (SSSR count). The number of halogens is 2. The van der Waals surface area contributed by atoms with Crippen LogP contribution in [-0.4, -0.2) is 16.7 Å². The van der Waals surface area contributed by atoms with E-state index < -0.39 is 0 Å². The molecule has 2 heterocycles. The molecule has 2 aromatic rings. The molecule has 0 aliphatic heterocycles. The van der Waals surface area contributed by atoms with Gasteiger partial charge in [-0.05, 0) is 35.8 Å². The predicted molar refractivity (Wildman–Crippen MR) is 74.6 cm³/mol. The highest BCUT2D eigenvalue weighted by Crippen LogP contribution is 2.29. The van der Waals surface area contributed by atoms with Crippen LogP contribution in [0.4, 0.5) is 0 Å². The second-order valence-electron chi connectivity index (χ2n) is 4.14. The molecule has 0 saturated heterocycles. The number of nitrogens with zero attached hydrogens (tertiary/aromatic N) is 2. The maximum absolute atomic E-state index is 5.66. The van der Waals surface area contributed by atoms with Crippen LogP contribution < -0.4 is 5.73 Å². The van der Waals surface area contributed by atoms with Gasteiger partial charge in [-0.3, -0.25) is 0 Å². The number of hydrogen-bond donors (Lipinski definition) is 1. The number of hydrogen-bond acceptors (Lipinski definition) is 5. The molecule has 0 spiro atoms. The summed E-state index contributed by atoms with van der Waals surface area (Å²) in [5.74, 6) is 1.20. The second-order valence-corrected chi connectivity index (χ2v) is 5.97. The van der Waals surface area contributed by atoms with Crippen LogP contribution in [0, 0.1) is 0 Å². The molecule has 0 fully saturated rings. The summed E-state index contributed by atoms with van der Waals surface area (Å²) in [7, 11) is 0. The van der Waals surface area contributed by atoms with E-state index in [2.05, 4.69) is 26.1 Å². The normalized spacial score (nSPS) is 11.3. The second kappa shape index (κ2) is 5.48. The van der Waals surface area contributed by atoms with Crippen LogP contribution in [0.15, 0.2) is 20.4 Å². The van der Waals surface area contributed by atoms with Crippen LogP contribution in [0.25, 0.3) is 10.7 Å². The van der Waals surface area contributed by atoms with Crippen molar-refractivity contribution in [2.45, 2.75) is 19.3 Å². The quantitative estimate of drug-likeness (QED) is 0.933. The van der Waals surface area contributed by atoms with E-state index in [4.69, 9.17) is 10.3 Å². The summed E-state index contributed by atoms with van der Waals surface area (Å²) in [6.07, 6.45) is 0.